The molecule has 0 unspecified atom stereocenters. The first-order valence-electron chi connectivity index (χ1n) is 19.5. The largest absolute Gasteiger partial charge is 0.309 e. The Bertz CT molecular complexity index is 3660. The first-order valence-corrected chi connectivity index (χ1v) is 19.5. The minimum absolute atomic E-state index is 1.05. The van der Waals surface area contributed by atoms with Crippen LogP contribution < -0.4 is 0 Å². The molecule has 0 aliphatic heterocycles. The van der Waals surface area contributed by atoms with E-state index in [1.165, 1.54) is 92.8 Å². The number of fused-ring (bicyclic) bond motifs is 12. The second kappa shape index (κ2) is 11.9. The number of para-hydroxylation sites is 4. The number of allylic oxidation sites excluding steroid dienone is 4. The van der Waals surface area contributed by atoms with Crippen molar-refractivity contribution in [2.75, 3.05) is 0 Å². The first kappa shape index (κ1) is 31.7. The fraction of sp³-hybridized carbons (Fsp3) is 0. The highest BCUT2D eigenvalue weighted by molar-refractivity contribution is 6.23. The Morgan fingerprint density at radius 1 is 0.386 bits per heavy atom. The summed E-state index contributed by atoms with van der Waals surface area (Å²) in [6, 6.07) is 62.6. The molecule has 3 heteroatoms. The van der Waals surface area contributed by atoms with Crippen molar-refractivity contribution in [1.82, 2.24) is 13.5 Å². The summed E-state index contributed by atoms with van der Waals surface area (Å²) in [6.07, 6.45) is 5.67. The molecule has 0 spiro atoms. The van der Waals surface area contributed by atoms with E-state index in [1.807, 2.05) is 12.2 Å². The molecule has 0 radical (unpaired) electrons. The van der Waals surface area contributed by atoms with Crippen LogP contribution >= 0.6 is 0 Å². The van der Waals surface area contributed by atoms with Crippen LogP contribution in [0.5, 0.6) is 0 Å². The summed E-state index contributed by atoms with van der Waals surface area (Å²) in [6.45, 7) is 7.87. The number of aromatic nitrogens is 3. The average molecular weight is 726 g/mol. The van der Waals surface area contributed by atoms with Gasteiger partial charge in [-0.1, -0.05) is 135 Å². The molecule has 0 N–H and O–H groups in total. The van der Waals surface area contributed by atoms with Crippen molar-refractivity contribution >= 4 is 87.3 Å². The fourth-order valence-electron chi connectivity index (χ4n) is 9.63. The third-order valence-corrected chi connectivity index (χ3v) is 12.1. The fourth-order valence-corrected chi connectivity index (χ4v) is 9.63. The van der Waals surface area contributed by atoms with Crippen LogP contribution in [0.3, 0.4) is 0 Å². The van der Waals surface area contributed by atoms with Crippen LogP contribution in [0, 0.1) is 0 Å². The van der Waals surface area contributed by atoms with Gasteiger partial charge in [0.15, 0.2) is 0 Å². The van der Waals surface area contributed by atoms with E-state index in [0.717, 1.165) is 22.5 Å². The lowest BCUT2D eigenvalue weighted by molar-refractivity contribution is 1.18. The summed E-state index contributed by atoms with van der Waals surface area (Å²) in [5, 5.41) is 10.1. The van der Waals surface area contributed by atoms with Crippen molar-refractivity contribution in [3.05, 3.63) is 207 Å². The summed E-state index contributed by atoms with van der Waals surface area (Å²) in [5.41, 5.74) is 15.4. The summed E-state index contributed by atoms with van der Waals surface area (Å²) < 4.78 is 7.28. The topological polar surface area (TPSA) is 14.3 Å². The molecule has 0 aliphatic rings. The predicted molar refractivity (Wildman–Crippen MR) is 244 cm³/mol. The summed E-state index contributed by atoms with van der Waals surface area (Å²) in [4.78, 5) is 0. The van der Waals surface area contributed by atoms with Gasteiger partial charge >= 0.3 is 0 Å². The molecule has 0 saturated carbocycles. The van der Waals surface area contributed by atoms with E-state index >= 15 is 0 Å². The predicted octanol–water partition coefficient (Wildman–Crippen LogP) is 14.5. The molecule has 12 aromatic rings. The van der Waals surface area contributed by atoms with Crippen molar-refractivity contribution in [3.8, 4) is 22.5 Å². The minimum Gasteiger partial charge on any atom is -0.309 e. The standard InChI is InChI=1S/C54H35N3/c1-3-12-34(4-2)35-21-25-38(26-22-35)55-48-18-8-6-14-41(48)46-31-36(23-29-51(46)55)37-24-30-52-47(32-37)42-15-7-9-19-49(42)56(52)39-27-28-43-45-17-11-16-44-40-13-5-10-20-50(40)57(54(44)45)53(43)33-39/h3-33H,1-2H2/b34-12+. The number of rotatable bonds is 6. The molecular formula is C54H35N3. The quantitative estimate of drug-likeness (QED) is 0.152. The van der Waals surface area contributed by atoms with Crippen molar-refractivity contribution in [1.29, 1.82) is 0 Å². The van der Waals surface area contributed by atoms with Crippen LogP contribution in [0.4, 0.5) is 0 Å². The van der Waals surface area contributed by atoms with Gasteiger partial charge in [0.05, 0.1) is 38.6 Å². The van der Waals surface area contributed by atoms with Crippen molar-refractivity contribution in [2.24, 2.45) is 0 Å². The maximum Gasteiger partial charge on any atom is 0.0620 e. The lowest BCUT2D eigenvalue weighted by Crippen LogP contribution is -1.94. The average Bonchev–Trinajstić information content (AvgIpc) is 3.99. The van der Waals surface area contributed by atoms with E-state index in [9.17, 15) is 0 Å². The van der Waals surface area contributed by atoms with Crippen LogP contribution in [0.1, 0.15) is 5.56 Å². The van der Waals surface area contributed by atoms with Gasteiger partial charge in [0.1, 0.15) is 0 Å². The molecular weight excluding hydrogens is 691 g/mol. The Hall–Kier alpha value is -7.62. The SMILES string of the molecule is C=C/C=C(\C=C)c1ccc(-n2c3ccccc3c3cc(-c4ccc5c(c4)c4ccccc4n5-c4ccc5c6cccc7c8ccccc8n(c5c4)c76)ccc32)cc1. The molecule has 57 heavy (non-hydrogen) atoms. The summed E-state index contributed by atoms with van der Waals surface area (Å²) in [7, 11) is 0. The Balaban J connectivity index is 1.02. The van der Waals surface area contributed by atoms with E-state index in [4.69, 9.17) is 0 Å². The van der Waals surface area contributed by atoms with Gasteiger partial charge in [-0.05, 0) is 89.0 Å². The van der Waals surface area contributed by atoms with Crippen molar-refractivity contribution in [2.45, 2.75) is 0 Å². The van der Waals surface area contributed by atoms with Gasteiger partial charge < -0.3 is 13.5 Å². The number of hydrogen-bond acceptors (Lipinski definition) is 0. The van der Waals surface area contributed by atoms with Gasteiger partial charge in [0.25, 0.3) is 0 Å². The van der Waals surface area contributed by atoms with Crippen molar-refractivity contribution in [3.63, 3.8) is 0 Å². The summed E-state index contributed by atoms with van der Waals surface area (Å²) >= 11 is 0. The number of nitrogens with zero attached hydrogens (tertiary/aromatic N) is 3. The van der Waals surface area contributed by atoms with Crippen molar-refractivity contribution < 1.29 is 0 Å². The normalized spacial score (nSPS) is 12.5. The molecule has 266 valence electrons. The molecule has 0 fully saturated rings. The molecule has 4 heterocycles. The van der Waals surface area contributed by atoms with Gasteiger partial charge in [-0.2, -0.15) is 0 Å². The minimum atomic E-state index is 1.05. The zero-order valence-electron chi connectivity index (χ0n) is 31.2. The van der Waals surface area contributed by atoms with Gasteiger partial charge in [0.2, 0.25) is 0 Å². The molecule has 0 saturated heterocycles. The Morgan fingerprint density at radius 2 is 0.877 bits per heavy atom. The van der Waals surface area contributed by atoms with Gasteiger partial charge in [-0.15, -0.1) is 0 Å². The van der Waals surface area contributed by atoms with Gasteiger partial charge in [-0.25, -0.2) is 0 Å². The van der Waals surface area contributed by atoms with Gasteiger partial charge in [-0.3, -0.25) is 0 Å². The zero-order chi connectivity index (χ0) is 37.8. The molecule has 12 rings (SSSR count). The highest BCUT2D eigenvalue weighted by Crippen LogP contribution is 2.42. The van der Waals surface area contributed by atoms with Crippen LogP contribution in [0.2, 0.25) is 0 Å². The maximum atomic E-state index is 4.00. The van der Waals surface area contributed by atoms with Gasteiger partial charge in [0, 0.05) is 54.5 Å². The molecule has 4 aromatic heterocycles. The number of benzene rings is 8. The molecule has 3 nitrogen and oxygen atoms in total. The third-order valence-electron chi connectivity index (χ3n) is 12.1. The third kappa shape index (κ3) is 4.42. The first-order chi connectivity index (χ1) is 28.2. The molecule has 0 atom stereocenters. The highest BCUT2D eigenvalue weighted by Gasteiger charge is 2.20. The molecule has 0 amide bonds. The second-order valence-corrected chi connectivity index (χ2v) is 15.0. The van der Waals surface area contributed by atoms with E-state index in [0.29, 0.717) is 0 Å². The van der Waals surface area contributed by atoms with Crippen LogP contribution in [-0.4, -0.2) is 13.5 Å². The zero-order valence-corrected chi connectivity index (χ0v) is 31.2. The molecule has 8 aromatic carbocycles. The van der Waals surface area contributed by atoms with Crippen LogP contribution in [0.15, 0.2) is 201 Å². The second-order valence-electron chi connectivity index (χ2n) is 15.0. The Morgan fingerprint density at radius 3 is 1.47 bits per heavy atom. The Labute approximate surface area is 328 Å². The van der Waals surface area contributed by atoms with E-state index in [2.05, 4.69) is 197 Å². The Kier molecular flexibility index (Phi) is 6.64. The molecule has 0 bridgehead atoms. The maximum absolute atomic E-state index is 4.00. The molecule has 0 aliphatic carbocycles. The highest BCUT2D eigenvalue weighted by atomic mass is 15.0. The lowest BCUT2D eigenvalue weighted by Gasteiger charge is -2.11. The van der Waals surface area contributed by atoms with E-state index in [1.54, 1.807) is 6.08 Å². The lowest BCUT2D eigenvalue weighted by atomic mass is 10.0. The van der Waals surface area contributed by atoms with E-state index < -0.39 is 0 Å². The number of hydrogen-bond donors (Lipinski definition) is 0. The van der Waals surface area contributed by atoms with Crippen LogP contribution in [-0.2, 0) is 0 Å². The smallest absolute Gasteiger partial charge is 0.0620 e. The summed E-state index contributed by atoms with van der Waals surface area (Å²) in [5.74, 6) is 0. The van der Waals surface area contributed by atoms with Crippen LogP contribution in [0.25, 0.3) is 110 Å². The van der Waals surface area contributed by atoms with E-state index in [-0.39, 0.29) is 0 Å². The monoisotopic (exact) mass is 725 g/mol.